The topological polar surface area (TPSA) is 35.6 Å². The lowest BCUT2D eigenvalue weighted by Crippen LogP contribution is -2.52. The molecule has 1 fully saturated rings. The fourth-order valence-electron chi connectivity index (χ4n) is 3.33. The molecular formula is C18H29N3OS. The molecule has 0 aromatic heterocycles. The lowest BCUT2D eigenvalue weighted by molar-refractivity contribution is 0.106. The van der Waals surface area contributed by atoms with E-state index < -0.39 is 0 Å². The number of rotatable bonds is 4. The number of hydrogen-bond acceptors (Lipinski definition) is 3. The second-order valence-corrected chi connectivity index (χ2v) is 7.53. The van der Waals surface area contributed by atoms with Crippen LogP contribution in [0.25, 0.3) is 0 Å². The van der Waals surface area contributed by atoms with Crippen LogP contribution in [0.1, 0.15) is 31.9 Å². The van der Waals surface area contributed by atoms with Crippen LogP contribution >= 0.6 is 11.8 Å². The van der Waals surface area contributed by atoms with Crippen LogP contribution in [0.5, 0.6) is 0 Å². The molecule has 1 aliphatic rings. The van der Waals surface area contributed by atoms with Gasteiger partial charge in [0.2, 0.25) is 0 Å². The Labute approximate surface area is 144 Å². The van der Waals surface area contributed by atoms with E-state index in [1.165, 1.54) is 4.90 Å². The molecule has 0 saturated carbocycles. The molecule has 2 rings (SSSR count). The summed E-state index contributed by atoms with van der Waals surface area (Å²) in [4.78, 5) is 18.0. The Balaban J connectivity index is 1.94. The number of hydrogen-bond donors (Lipinski definition) is 1. The maximum atomic E-state index is 12.6. The molecule has 1 aromatic carbocycles. The lowest BCUT2D eigenvalue weighted by Gasteiger charge is -2.40. The van der Waals surface area contributed by atoms with Crippen molar-refractivity contribution in [2.75, 3.05) is 33.4 Å². The van der Waals surface area contributed by atoms with Gasteiger partial charge < -0.3 is 15.1 Å². The first kappa shape index (κ1) is 18.1. The van der Waals surface area contributed by atoms with Gasteiger partial charge in [-0.3, -0.25) is 0 Å². The van der Waals surface area contributed by atoms with Crippen molar-refractivity contribution in [1.29, 1.82) is 0 Å². The Kier molecular flexibility index (Phi) is 6.36. The molecule has 2 amide bonds. The highest BCUT2D eigenvalue weighted by Gasteiger charge is 2.30. The Hall–Kier alpha value is -1.20. The average Bonchev–Trinajstić information content (AvgIpc) is 2.54. The summed E-state index contributed by atoms with van der Waals surface area (Å²) in [5, 5.41) is 3.13. The van der Waals surface area contributed by atoms with Crippen LogP contribution in [0, 0.1) is 5.92 Å². The van der Waals surface area contributed by atoms with E-state index >= 15 is 0 Å². The van der Waals surface area contributed by atoms with Gasteiger partial charge in [-0.25, -0.2) is 4.79 Å². The fourth-order valence-corrected chi connectivity index (χ4v) is 3.74. The van der Waals surface area contributed by atoms with Gasteiger partial charge in [-0.15, -0.1) is 11.8 Å². The van der Waals surface area contributed by atoms with E-state index in [-0.39, 0.29) is 12.1 Å². The molecule has 1 N–H and O–H groups in total. The first-order valence-corrected chi connectivity index (χ1v) is 9.50. The number of piperidine rings is 1. The summed E-state index contributed by atoms with van der Waals surface area (Å²) in [5.74, 6) is 0.501. The molecule has 0 bridgehead atoms. The van der Waals surface area contributed by atoms with Gasteiger partial charge in [-0.05, 0) is 56.8 Å². The van der Waals surface area contributed by atoms with Crippen LogP contribution in [-0.4, -0.2) is 55.3 Å². The molecule has 1 aliphatic heterocycles. The maximum absolute atomic E-state index is 12.6. The zero-order valence-electron chi connectivity index (χ0n) is 14.9. The largest absolute Gasteiger partial charge is 0.331 e. The minimum atomic E-state index is 0.0161. The van der Waals surface area contributed by atoms with Crippen LogP contribution in [-0.2, 0) is 0 Å². The van der Waals surface area contributed by atoms with Gasteiger partial charge in [0.05, 0.1) is 6.04 Å². The van der Waals surface area contributed by atoms with Crippen molar-refractivity contribution in [1.82, 2.24) is 15.1 Å². The molecule has 4 nitrogen and oxygen atoms in total. The van der Waals surface area contributed by atoms with Crippen molar-refractivity contribution in [2.45, 2.75) is 37.2 Å². The molecule has 1 aromatic rings. The number of carbonyl (C=O) groups excluding carboxylic acids is 1. The number of amides is 2. The van der Waals surface area contributed by atoms with Crippen molar-refractivity contribution < 1.29 is 4.79 Å². The summed E-state index contributed by atoms with van der Waals surface area (Å²) < 4.78 is 0. The van der Waals surface area contributed by atoms with Crippen LogP contribution in [0.3, 0.4) is 0 Å². The predicted molar refractivity (Wildman–Crippen MR) is 98.0 cm³/mol. The summed E-state index contributed by atoms with van der Waals surface area (Å²) in [6.45, 7) is 6.37. The summed E-state index contributed by atoms with van der Waals surface area (Å²) in [5.41, 5.74) is 1.14. The minimum absolute atomic E-state index is 0.0161. The molecule has 3 atom stereocenters. The van der Waals surface area contributed by atoms with Crippen molar-refractivity contribution in [3.63, 3.8) is 0 Å². The van der Waals surface area contributed by atoms with E-state index in [0.29, 0.717) is 12.0 Å². The molecule has 0 radical (unpaired) electrons. The van der Waals surface area contributed by atoms with E-state index in [1.807, 2.05) is 18.9 Å². The third kappa shape index (κ3) is 4.64. The molecule has 5 heteroatoms. The monoisotopic (exact) mass is 335 g/mol. The zero-order valence-corrected chi connectivity index (χ0v) is 15.7. The number of carbonyl (C=O) groups is 1. The number of likely N-dealkylation sites (tertiary alicyclic amines) is 1. The zero-order chi connectivity index (χ0) is 17.0. The average molecular weight is 336 g/mol. The number of nitrogens with one attached hydrogen (secondary N) is 1. The van der Waals surface area contributed by atoms with E-state index in [4.69, 9.17) is 0 Å². The summed E-state index contributed by atoms with van der Waals surface area (Å²) in [6, 6.07) is 8.74. The van der Waals surface area contributed by atoms with Gasteiger partial charge in [-0.2, -0.15) is 0 Å². The highest BCUT2D eigenvalue weighted by Crippen LogP contribution is 2.22. The first-order valence-electron chi connectivity index (χ1n) is 8.28. The molecule has 0 aliphatic carbocycles. The van der Waals surface area contributed by atoms with Gasteiger partial charge in [0, 0.05) is 24.5 Å². The van der Waals surface area contributed by atoms with Crippen LogP contribution in [0.2, 0.25) is 0 Å². The van der Waals surface area contributed by atoms with Gasteiger partial charge in [0.15, 0.2) is 0 Å². The fraction of sp³-hybridized carbons (Fsp3) is 0.611. The molecule has 1 saturated heterocycles. The predicted octanol–water partition coefficient (Wildman–Crippen LogP) is 3.45. The van der Waals surface area contributed by atoms with Crippen LogP contribution in [0.15, 0.2) is 29.2 Å². The van der Waals surface area contributed by atoms with E-state index in [9.17, 15) is 4.79 Å². The lowest BCUT2D eigenvalue weighted by atomic mass is 9.93. The molecular weight excluding hydrogens is 306 g/mol. The third-order valence-electron chi connectivity index (χ3n) is 4.84. The van der Waals surface area contributed by atoms with E-state index in [2.05, 4.69) is 54.7 Å². The summed E-state index contributed by atoms with van der Waals surface area (Å²) >= 11 is 1.73. The normalized spacial score (nSPS) is 23.3. The van der Waals surface area contributed by atoms with Crippen molar-refractivity contribution >= 4 is 17.8 Å². The standard InChI is InChI=1S/C18H29N3OS/c1-13-12-20(3)11-10-17(13)21(4)18(22)19-14(2)15-6-8-16(23-5)9-7-15/h6-9,13-14,17H,10-12H2,1-5H3,(H,19,22)/t13-,14-,17+/m0/s1. The first-order chi connectivity index (χ1) is 10.9. The Morgan fingerprint density at radius 1 is 1.39 bits per heavy atom. The van der Waals surface area contributed by atoms with Crippen molar-refractivity contribution in [3.8, 4) is 0 Å². The maximum Gasteiger partial charge on any atom is 0.317 e. The number of benzene rings is 1. The Bertz CT molecular complexity index is 520. The molecule has 1 heterocycles. The molecule has 23 heavy (non-hydrogen) atoms. The van der Waals surface area contributed by atoms with E-state index in [0.717, 1.165) is 25.1 Å². The van der Waals surface area contributed by atoms with Gasteiger partial charge in [0.25, 0.3) is 0 Å². The third-order valence-corrected chi connectivity index (χ3v) is 5.58. The molecule has 128 valence electrons. The summed E-state index contributed by atoms with van der Waals surface area (Å²) in [6.07, 6.45) is 3.11. The van der Waals surface area contributed by atoms with Crippen LogP contribution in [0.4, 0.5) is 4.79 Å². The van der Waals surface area contributed by atoms with E-state index in [1.54, 1.807) is 11.8 Å². The Morgan fingerprint density at radius 2 is 2.04 bits per heavy atom. The summed E-state index contributed by atoms with van der Waals surface area (Å²) in [7, 11) is 4.07. The SMILES string of the molecule is CSc1ccc([C@H](C)NC(=O)N(C)[C@@H]2CCN(C)C[C@@H]2C)cc1. The van der Waals surface area contributed by atoms with Gasteiger partial charge >= 0.3 is 6.03 Å². The highest BCUT2D eigenvalue weighted by molar-refractivity contribution is 7.98. The number of urea groups is 1. The minimum Gasteiger partial charge on any atom is -0.331 e. The second-order valence-electron chi connectivity index (χ2n) is 6.65. The second kappa shape index (κ2) is 8.06. The van der Waals surface area contributed by atoms with Gasteiger partial charge in [-0.1, -0.05) is 19.1 Å². The molecule has 0 spiro atoms. The number of thioether (sulfide) groups is 1. The molecule has 0 unspecified atom stereocenters. The smallest absolute Gasteiger partial charge is 0.317 e. The van der Waals surface area contributed by atoms with Crippen LogP contribution < -0.4 is 5.32 Å². The number of nitrogens with zero attached hydrogens (tertiary/aromatic N) is 2. The highest BCUT2D eigenvalue weighted by atomic mass is 32.2. The van der Waals surface area contributed by atoms with Gasteiger partial charge in [0.1, 0.15) is 0 Å². The van der Waals surface area contributed by atoms with Crippen molar-refractivity contribution in [3.05, 3.63) is 29.8 Å². The van der Waals surface area contributed by atoms with Crippen molar-refractivity contribution in [2.24, 2.45) is 5.92 Å². The Morgan fingerprint density at radius 3 is 2.61 bits per heavy atom. The quantitative estimate of drug-likeness (QED) is 0.856.